The van der Waals surface area contributed by atoms with Gasteiger partial charge in [-0.05, 0) is 48.6 Å². The molecule has 3 aromatic rings. The van der Waals surface area contributed by atoms with Crippen molar-refractivity contribution < 1.29 is 14.3 Å². The van der Waals surface area contributed by atoms with Gasteiger partial charge in [-0.2, -0.15) is 0 Å². The van der Waals surface area contributed by atoms with E-state index in [1.807, 2.05) is 24.3 Å². The molecular formula is C22H20N2O3. The molecule has 0 bridgehead atoms. The van der Waals surface area contributed by atoms with Gasteiger partial charge in [-0.1, -0.05) is 30.3 Å². The Balaban J connectivity index is 1.59. The summed E-state index contributed by atoms with van der Waals surface area (Å²) in [4.78, 5) is 25.1. The third kappa shape index (κ3) is 3.62. The first-order valence-corrected chi connectivity index (χ1v) is 8.94. The highest BCUT2D eigenvalue weighted by molar-refractivity contribution is 6.14. The van der Waals surface area contributed by atoms with Crippen LogP contribution in [0.5, 0.6) is 5.75 Å². The first-order valence-electron chi connectivity index (χ1n) is 8.94. The summed E-state index contributed by atoms with van der Waals surface area (Å²) >= 11 is 0. The molecule has 0 spiro atoms. The number of hydrogen-bond acceptors (Lipinski definition) is 3. The van der Waals surface area contributed by atoms with Crippen LogP contribution in [0.2, 0.25) is 0 Å². The molecule has 2 N–H and O–H groups in total. The molecule has 0 aromatic heterocycles. The molecule has 5 nitrogen and oxygen atoms in total. The normalized spacial score (nSPS) is 13.2. The Kier molecular flexibility index (Phi) is 4.50. The van der Waals surface area contributed by atoms with Gasteiger partial charge in [0.15, 0.2) is 0 Å². The highest BCUT2D eigenvalue weighted by Gasteiger charge is 2.24. The van der Waals surface area contributed by atoms with E-state index in [0.29, 0.717) is 22.9 Å². The fourth-order valence-electron chi connectivity index (χ4n) is 3.08. The molecule has 0 heterocycles. The summed E-state index contributed by atoms with van der Waals surface area (Å²) in [6.45, 7) is 0. The van der Waals surface area contributed by atoms with Crippen LogP contribution >= 0.6 is 0 Å². The summed E-state index contributed by atoms with van der Waals surface area (Å²) in [5.74, 6) is 0.387. The highest BCUT2D eigenvalue weighted by Crippen LogP contribution is 2.29. The van der Waals surface area contributed by atoms with E-state index < -0.39 is 0 Å². The van der Waals surface area contributed by atoms with E-state index in [1.165, 1.54) is 0 Å². The molecule has 0 unspecified atom stereocenters. The largest absolute Gasteiger partial charge is 0.496 e. The van der Waals surface area contributed by atoms with Crippen molar-refractivity contribution in [1.29, 1.82) is 0 Å². The maximum absolute atomic E-state index is 12.8. The minimum atomic E-state index is -0.228. The summed E-state index contributed by atoms with van der Waals surface area (Å²) < 4.78 is 5.38. The van der Waals surface area contributed by atoms with Crippen molar-refractivity contribution in [2.75, 3.05) is 12.4 Å². The second kappa shape index (κ2) is 7.11. The van der Waals surface area contributed by atoms with Crippen LogP contribution < -0.4 is 15.4 Å². The maximum atomic E-state index is 12.8. The lowest BCUT2D eigenvalue weighted by Crippen LogP contribution is -2.25. The van der Waals surface area contributed by atoms with Crippen molar-refractivity contribution in [2.24, 2.45) is 0 Å². The third-order valence-electron chi connectivity index (χ3n) is 4.64. The second-order valence-corrected chi connectivity index (χ2v) is 6.64. The lowest BCUT2D eigenvalue weighted by atomic mass is 10.0. The number of rotatable bonds is 5. The molecule has 27 heavy (non-hydrogen) atoms. The van der Waals surface area contributed by atoms with Crippen molar-refractivity contribution in [1.82, 2.24) is 5.32 Å². The van der Waals surface area contributed by atoms with Gasteiger partial charge in [0.25, 0.3) is 11.8 Å². The van der Waals surface area contributed by atoms with Crippen molar-refractivity contribution in [3.63, 3.8) is 0 Å². The van der Waals surface area contributed by atoms with Gasteiger partial charge in [-0.3, -0.25) is 9.59 Å². The molecule has 5 heteroatoms. The van der Waals surface area contributed by atoms with Gasteiger partial charge in [0.1, 0.15) is 5.75 Å². The molecule has 136 valence electrons. The minimum absolute atomic E-state index is 0.108. The average molecular weight is 360 g/mol. The van der Waals surface area contributed by atoms with Crippen LogP contribution in [0.25, 0.3) is 10.8 Å². The van der Waals surface area contributed by atoms with E-state index in [1.54, 1.807) is 43.5 Å². The van der Waals surface area contributed by atoms with Gasteiger partial charge >= 0.3 is 0 Å². The highest BCUT2D eigenvalue weighted by atomic mass is 16.5. The van der Waals surface area contributed by atoms with E-state index in [9.17, 15) is 9.59 Å². The fraction of sp³-hybridized carbons (Fsp3) is 0.182. The van der Waals surface area contributed by atoms with Crippen LogP contribution in [0.3, 0.4) is 0 Å². The molecule has 0 aliphatic heterocycles. The SMILES string of the molecule is COc1ccc(C(=O)Nc2cccc(C(=O)NC3CC3)c2)c2ccccc12. The number of nitrogens with one attached hydrogen (secondary N) is 2. The summed E-state index contributed by atoms with van der Waals surface area (Å²) in [5.41, 5.74) is 1.68. The van der Waals surface area contributed by atoms with Crippen molar-refractivity contribution >= 4 is 28.3 Å². The Hall–Kier alpha value is -3.34. The number of carbonyl (C=O) groups excluding carboxylic acids is 2. The van der Waals surface area contributed by atoms with Gasteiger partial charge in [-0.15, -0.1) is 0 Å². The molecule has 4 rings (SSSR count). The number of methoxy groups -OCH3 is 1. The van der Waals surface area contributed by atoms with E-state index in [-0.39, 0.29) is 11.8 Å². The topological polar surface area (TPSA) is 67.4 Å². The van der Waals surface area contributed by atoms with Crippen LogP contribution in [-0.2, 0) is 0 Å². The molecular weight excluding hydrogens is 340 g/mol. The number of ether oxygens (including phenoxy) is 1. The molecule has 2 amide bonds. The predicted octanol–water partition coefficient (Wildman–Crippen LogP) is 3.99. The van der Waals surface area contributed by atoms with E-state index in [4.69, 9.17) is 4.74 Å². The van der Waals surface area contributed by atoms with Gasteiger partial charge in [-0.25, -0.2) is 0 Å². The Labute approximate surface area is 157 Å². The van der Waals surface area contributed by atoms with Crippen LogP contribution in [0.4, 0.5) is 5.69 Å². The molecule has 0 radical (unpaired) electrons. The van der Waals surface area contributed by atoms with Crippen LogP contribution in [0, 0.1) is 0 Å². The first-order chi connectivity index (χ1) is 13.2. The Morgan fingerprint density at radius 1 is 0.926 bits per heavy atom. The average Bonchev–Trinajstić information content (AvgIpc) is 3.51. The molecule has 1 aliphatic rings. The summed E-state index contributed by atoms with van der Waals surface area (Å²) in [6, 6.07) is 18.4. The quantitative estimate of drug-likeness (QED) is 0.723. The minimum Gasteiger partial charge on any atom is -0.496 e. The predicted molar refractivity (Wildman–Crippen MR) is 105 cm³/mol. The zero-order chi connectivity index (χ0) is 18.8. The van der Waals surface area contributed by atoms with Gasteiger partial charge < -0.3 is 15.4 Å². The van der Waals surface area contributed by atoms with E-state index >= 15 is 0 Å². The Morgan fingerprint density at radius 3 is 2.44 bits per heavy atom. The third-order valence-corrected chi connectivity index (χ3v) is 4.64. The van der Waals surface area contributed by atoms with Gasteiger partial charge in [0.05, 0.1) is 7.11 Å². The lowest BCUT2D eigenvalue weighted by molar-refractivity contribution is 0.0949. The number of benzene rings is 3. The second-order valence-electron chi connectivity index (χ2n) is 6.64. The van der Waals surface area contributed by atoms with E-state index in [0.717, 1.165) is 29.4 Å². The number of carbonyl (C=O) groups is 2. The van der Waals surface area contributed by atoms with E-state index in [2.05, 4.69) is 10.6 Å². The standard InChI is InChI=1S/C22H20N2O3/c1-27-20-12-11-19(17-7-2-3-8-18(17)20)22(26)24-16-6-4-5-14(13-16)21(25)23-15-9-10-15/h2-8,11-13,15H,9-10H2,1H3,(H,23,25)(H,24,26). The van der Waals surface area contributed by atoms with Crippen LogP contribution in [-0.4, -0.2) is 25.0 Å². The molecule has 0 atom stereocenters. The number of anilines is 1. The molecule has 3 aromatic carbocycles. The van der Waals surface area contributed by atoms with Crippen molar-refractivity contribution in [3.8, 4) is 5.75 Å². The Bertz CT molecular complexity index is 1020. The fourth-order valence-corrected chi connectivity index (χ4v) is 3.08. The zero-order valence-electron chi connectivity index (χ0n) is 15.0. The lowest BCUT2D eigenvalue weighted by Gasteiger charge is -2.11. The molecule has 1 aliphatic carbocycles. The summed E-state index contributed by atoms with van der Waals surface area (Å²) in [5, 5.41) is 7.54. The van der Waals surface area contributed by atoms with Crippen LogP contribution in [0.15, 0.2) is 60.7 Å². The number of hydrogen-bond donors (Lipinski definition) is 2. The summed E-state index contributed by atoms with van der Waals surface area (Å²) in [7, 11) is 1.61. The molecule has 1 saturated carbocycles. The first kappa shape index (κ1) is 17.1. The number of fused-ring (bicyclic) bond motifs is 1. The Morgan fingerprint density at radius 2 is 1.70 bits per heavy atom. The smallest absolute Gasteiger partial charge is 0.256 e. The van der Waals surface area contributed by atoms with Gasteiger partial charge in [0.2, 0.25) is 0 Å². The summed E-state index contributed by atoms with van der Waals surface area (Å²) in [6.07, 6.45) is 2.07. The van der Waals surface area contributed by atoms with Gasteiger partial charge in [0, 0.05) is 28.2 Å². The number of amides is 2. The molecule has 0 saturated heterocycles. The molecule has 1 fully saturated rings. The maximum Gasteiger partial charge on any atom is 0.256 e. The van der Waals surface area contributed by atoms with Crippen molar-refractivity contribution in [2.45, 2.75) is 18.9 Å². The monoisotopic (exact) mass is 360 g/mol. The van der Waals surface area contributed by atoms with Crippen LogP contribution in [0.1, 0.15) is 33.6 Å². The van der Waals surface area contributed by atoms with Crippen molar-refractivity contribution in [3.05, 3.63) is 71.8 Å². The zero-order valence-corrected chi connectivity index (χ0v) is 15.0.